The first-order valence-corrected chi connectivity index (χ1v) is 8.57. The van der Waals surface area contributed by atoms with Crippen molar-refractivity contribution in [1.82, 2.24) is 9.62 Å². The molecular weight excluding hydrogens is 316 g/mol. The molecule has 1 aromatic rings. The molecule has 1 amide bonds. The van der Waals surface area contributed by atoms with Crippen molar-refractivity contribution < 1.29 is 17.9 Å². The summed E-state index contributed by atoms with van der Waals surface area (Å²) in [6.07, 6.45) is 1.10. The van der Waals surface area contributed by atoms with Gasteiger partial charge in [-0.2, -0.15) is 0 Å². The van der Waals surface area contributed by atoms with Crippen LogP contribution in [0.15, 0.2) is 24.3 Å². The van der Waals surface area contributed by atoms with Crippen LogP contribution in [0.1, 0.15) is 5.56 Å². The number of amides is 1. The number of rotatable bonds is 7. The molecule has 0 aliphatic rings. The van der Waals surface area contributed by atoms with E-state index in [4.69, 9.17) is 11.6 Å². The third-order valence-corrected chi connectivity index (χ3v) is 4.36. The van der Waals surface area contributed by atoms with Gasteiger partial charge < -0.3 is 10.1 Å². The quantitative estimate of drug-likeness (QED) is 0.820. The molecule has 0 heterocycles. The molecule has 0 aliphatic heterocycles. The minimum absolute atomic E-state index is 0.189. The fourth-order valence-corrected chi connectivity index (χ4v) is 2.80. The monoisotopic (exact) mass is 334 g/mol. The van der Waals surface area contributed by atoms with Gasteiger partial charge >= 0.3 is 6.09 Å². The predicted octanol–water partition coefficient (Wildman–Crippen LogP) is 1.50. The molecule has 0 aromatic heterocycles. The maximum absolute atomic E-state index is 11.7. The number of carbonyl (C=O) groups is 1. The second-order valence-corrected chi connectivity index (χ2v) is 6.88. The molecule has 1 rings (SSSR count). The van der Waals surface area contributed by atoms with E-state index in [2.05, 4.69) is 10.1 Å². The molecule has 0 saturated heterocycles. The Bertz CT molecular complexity index is 577. The summed E-state index contributed by atoms with van der Waals surface area (Å²) in [4.78, 5) is 10.9. The van der Waals surface area contributed by atoms with Gasteiger partial charge in [0, 0.05) is 24.7 Å². The standard InChI is InChI=1S/C13H19ClN2O4S/c1-20-13(17)15-7-9-16(21(2,18)19)8-6-11-4-3-5-12(14)10-11/h3-5,10H,6-9H2,1-2H3,(H,15,17). The van der Waals surface area contributed by atoms with Crippen molar-refractivity contribution in [2.75, 3.05) is 33.0 Å². The van der Waals surface area contributed by atoms with Crippen LogP contribution in [0.5, 0.6) is 0 Å². The lowest BCUT2D eigenvalue weighted by molar-refractivity contribution is 0.170. The number of hydrogen-bond donors (Lipinski definition) is 1. The van der Waals surface area contributed by atoms with Gasteiger partial charge in [0.2, 0.25) is 10.0 Å². The summed E-state index contributed by atoms with van der Waals surface area (Å²) in [6.45, 7) is 0.700. The Morgan fingerprint density at radius 1 is 1.38 bits per heavy atom. The van der Waals surface area contributed by atoms with Crippen molar-refractivity contribution in [3.05, 3.63) is 34.9 Å². The van der Waals surface area contributed by atoms with Gasteiger partial charge in [0.05, 0.1) is 13.4 Å². The number of benzene rings is 1. The zero-order chi connectivity index (χ0) is 15.9. The summed E-state index contributed by atoms with van der Waals surface area (Å²) in [5.41, 5.74) is 0.956. The highest BCUT2D eigenvalue weighted by atomic mass is 35.5. The van der Waals surface area contributed by atoms with Gasteiger partial charge in [0.1, 0.15) is 0 Å². The van der Waals surface area contributed by atoms with Gasteiger partial charge in [0.15, 0.2) is 0 Å². The average molecular weight is 335 g/mol. The molecule has 1 aromatic carbocycles. The average Bonchev–Trinajstić information content (AvgIpc) is 2.40. The maximum Gasteiger partial charge on any atom is 0.406 e. The van der Waals surface area contributed by atoms with E-state index in [-0.39, 0.29) is 13.1 Å². The smallest absolute Gasteiger partial charge is 0.406 e. The molecule has 6 nitrogen and oxygen atoms in total. The summed E-state index contributed by atoms with van der Waals surface area (Å²) in [5.74, 6) is 0. The summed E-state index contributed by atoms with van der Waals surface area (Å²) in [5, 5.41) is 3.07. The van der Waals surface area contributed by atoms with Gasteiger partial charge in [0.25, 0.3) is 0 Å². The molecule has 1 N–H and O–H groups in total. The molecule has 0 radical (unpaired) electrons. The van der Waals surface area contributed by atoms with E-state index in [0.717, 1.165) is 11.8 Å². The van der Waals surface area contributed by atoms with Crippen LogP contribution < -0.4 is 5.32 Å². The molecule has 0 atom stereocenters. The van der Waals surface area contributed by atoms with E-state index >= 15 is 0 Å². The van der Waals surface area contributed by atoms with E-state index in [0.29, 0.717) is 18.0 Å². The third kappa shape index (κ3) is 6.79. The molecule has 0 fully saturated rings. The van der Waals surface area contributed by atoms with Gasteiger partial charge in [-0.3, -0.25) is 0 Å². The topological polar surface area (TPSA) is 75.7 Å². The molecule has 21 heavy (non-hydrogen) atoms. The summed E-state index contributed by atoms with van der Waals surface area (Å²) in [7, 11) is -2.09. The number of alkyl carbamates (subject to hydrolysis) is 1. The number of carbonyl (C=O) groups excluding carboxylic acids is 1. The molecular formula is C13H19ClN2O4S. The van der Waals surface area contributed by atoms with Crippen LogP contribution in [0.4, 0.5) is 4.79 Å². The number of hydrogen-bond acceptors (Lipinski definition) is 4. The lowest BCUT2D eigenvalue weighted by Crippen LogP contribution is -2.39. The first kappa shape index (κ1) is 17.7. The van der Waals surface area contributed by atoms with E-state index in [9.17, 15) is 13.2 Å². The van der Waals surface area contributed by atoms with Crippen molar-refractivity contribution in [3.8, 4) is 0 Å². The van der Waals surface area contributed by atoms with E-state index in [1.54, 1.807) is 12.1 Å². The van der Waals surface area contributed by atoms with Crippen LogP contribution in [-0.4, -0.2) is 51.8 Å². The number of nitrogens with one attached hydrogen (secondary N) is 1. The Morgan fingerprint density at radius 2 is 2.10 bits per heavy atom. The van der Waals surface area contributed by atoms with Crippen LogP contribution >= 0.6 is 11.6 Å². The highest BCUT2D eigenvalue weighted by Gasteiger charge is 2.16. The van der Waals surface area contributed by atoms with Crippen LogP contribution in [0.25, 0.3) is 0 Å². The van der Waals surface area contributed by atoms with E-state index in [1.165, 1.54) is 11.4 Å². The van der Waals surface area contributed by atoms with Crippen LogP contribution in [0.2, 0.25) is 5.02 Å². The molecule has 0 spiro atoms. The van der Waals surface area contributed by atoms with E-state index in [1.807, 2.05) is 12.1 Å². The van der Waals surface area contributed by atoms with E-state index < -0.39 is 16.1 Å². The third-order valence-electron chi connectivity index (χ3n) is 2.82. The predicted molar refractivity (Wildman–Crippen MR) is 82.0 cm³/mol. The second kappa shape index (κ2) is 8.21. The zero-order valence-electron chi connectivity index (χ0n) is 12.0. The highest BCUT2D eigenvalue weighted by Crippen LogP contribution is 2.12. The SMILES string of the molecule is COC(=O)NCCN(CCc1cccc(Cl)c1)S(C)(=O)=O. The summed E-state index contributed by atoms with van der Waals surface area (Å²) >= 11 is 5.89. The number of halogens is 1. The van der Waals surface area contributed by atoms with Crippen LogP contribution in [0.3, 0.4) is 0 Å². The zero-order valence-corrected chi connectivity index (χ0v) is 13.6. The van der Waals surface area contributed by atoms with Crippen molar-refractivity contribution >= 4 is 27.7 Å². The Balaban J connectivity index is 2.57. The fraction of sp³-hybridized carbons (Fsp3) is 0.462. The molecule has 0 unspecified atom stereocenters. The van der Waals surface area contributed by atoms with Gasteiger partial charge in [-0.15, -0.1) is 0 Å². The largest absolute Gasteiger partial charge is 0.453 e. The first-order valence-electron chi connectivity index (χ1n) is 6.34. The van der Waals surface area contributed by atoms with Crippen molar-refractivity contribution in [2.24, 2.45) is 0 Å². The highest BCUT2D eigenvalue weighted by molar-refractivity contribution is 7.88. The molecule has 0 bridgehead atoms. The lowest BCUT2D eigenvalue weighted by atomic mass is 10.1. The molecule has 8 heteroatoms. The summed E-state index contributed by atoms with van der Waals surface area (Å²) in [6, 6.07) is 7.27. The Morgan fingerprint density at radius 3 is 2.67 bits per heavy atom. The normalized spacial score (nSPS) is 11.4. The summed E-state index contributed by atoms with van der Waals surface area (Å²) < 4.78 is 29.2. The van der Waals surface area contributed by atoms with Crippen LogP contribution in [0, 0.1) is 0 Å². The van der Waals surface area contributed by atoms with Gasteiger partial charge in [-0.1, -0.05) is 23.7 Å². The Hall–Kier alpha value is -1.31. The maximum atomic E-state index is 11.7. The van der Waals surface area contributed by atoms with Crippen molar-refractivity contribution in [2.45, 2.75) is 6.42 Å². The Kier molecular flexibility index (Phi) is 6.94. The number of ether oxygens (including phenoxy) is 1. The second-order valence-electron chi connectivity index (χ2n) is 4.46. The fourth-order valence-electron chi connectivity index (χ4n) is 1.74. The molecule has 0 aliphatic carbocycles. The minimum atomic E-state index is -3.34. The van der Waals surface area contributed by atoms with Crippen LogP contribution in [-0.2, 0) is 21.2 Å². The number of sulfonamides is 1. The van der Waals surface area contributed by atoms with Gasteiger partial charge in [-0.05, 0) is 24.1 Å². The van der Waals surface area contributed by atoms with Crippen molar-refractivity contribution in [3.63, 3.8) is 0 Å². The number of nitrogens with zero attached hydrogens (tertiary/aromatic N) is 1. The van der Waals surface area contributed by atoms with Crippen molar-refractivity contribution in [1.29, 1.82) is 0 Å². The lowest BCUT2D eigenvalue weighted by Gasteiger charge is -2.20. The Labute approximate surface area is 130 Å². The molecule has 118 valence electrons. The number of methoxy groups -OCH3 is 1. The minimum Gasteiger partial charge on any atom is -0.453 e. The first-order chi connectivity index (χ1) is 9.82. The van der Waals surface area contributed by atoms with Gasteiger partial charge in [-0.25, -0.2) is 17.5 Å². The molecule has 0 saturated carbocycles.